The Kier molecular flexibility index (Phi) is 5.55. The standard InChI is InChI=1S/C19H20FN3O3S/c1-3-22(15-6-4-13(20)5-7-15)11-14-10-17(24)23-16(8-9-18(25)26)12(2)27-19(23)21-14/h4-7,10H,3,8-9,11H2,1-2H3,(H,25,26). The van der Waals surface area contributed by atoms with Crippen molar-refractivity contribution in [3.63, 3.8) is 0 Å². The van der Waals surface area contributed by atoms with Crippen molar-refractivity contribution in [2.75, 3.05) is 11.4 Å². The molecule has 2 heterocycles. The zero-order chi connectivity index (χ0) is 19.6. The Balaban J connectivity index is 1.93. The van der Waals surface area contributed by atoms with E-state index >= 15 is 0 Å². The molecule has 0 bridgehead atoms. The van der Waals surface area contributed by atoms with Gasteiger partial charge < -0.3 is 10.0 Å². The van der Waals surface area contributed by atoms with Crippen molar-refractivity contribution in [3.8, 4) is 0 Å². The number of hydrogen-bond acceptors (Lipinski definition) is 5. The minimum Gasteiger partial charge on any atom is -0.481 e. The lowest BCUT2D eigenvalue weighted by atomic mass is 10.2. The second-order valence-electron chi connectivity index (χ2n) is 6.19. The molecule has 3 aromatic rings. The van der Waals surface area contributed by atoms with Crippen LogP contribution in [0.15, 0.2) is 35.1 Å². The SMILES string of the molecule is CCN(Cc1cc(=O)n2c(CCC(=O)O)c(C)sc2n1)c1ccc(F)cc1. The number of anilines is 1. The Morgan fingerprint density at radius 1 is 1.33 bits per heavy atom. The molecule has 0 aliphatic carbocycles. The van der Waals surface area contributed by atoms with Gasteiger partial charge >= 0.3 is 5.97 Å². The first-order chi connectivity index (χ1) is 12.9. The average Bonchev–Trinajstić information content (AvgIpc) is 2.94. The van der Waals surface area contributed by atoms with Gasteiger partial charge in [-0.05, 0) is 44.5 Å². The summed E-state index contributed by atoms with van der Waals surface area (Å²) < 4.78 is 14.7. The maximum atomic E-state index is 13.2. The Morgan fingerprint density at radius 2 is 2.04 bits per heavy atom. The van der Waals surface area contributed by atoms with Gasteiger partial charge in [0.15, 0.2) is 4.96 Å². The molecule has 0 amide bonds. The predicted octanol–water partition coefficient (Wildman–Crippen LogP) is 3.25. The van der Waals surface area contributed by atoms with Crippen molar-refractivity contribution in [1.82, 2.24) is 9.38 Å². The van der Waals surface area contributed by atoms with E-state index in [2.05, 4.69) is 4.98 Å². The van der Waals surface area contributed by atoms with Gasteiger partial charge in [-0.1, -0.05) is 0 Å². The zero-order valence-electron chi connectivity index (χ0n) is 15.1. The predicted molar refractivity (Wildman–Crippen MR) is 103 cm³/mol. The number of thiazole rings is 1. The van der Waals surface area contributed by atoms with Gasteiger partial charge in [0.25, 0.3) is 5.56 Å². The van der Waals surface area contributed by atoms with E-state index in [1.165, 1.54) is 33.9 Å². The molecule has 0 saturated carbocycles. The van der Waals surface area contributed by atoms with E-state index < -0.39 is 5.97 Å². The third-order valence-corrected chi connectivity index (χ3v) is 5.36. The Labute approximate surface area is 159 Å². The first-order valence-electron chi connectivity index (χ1n) is 8.62. The van der Waals surface area contributed by atoms with Gasteiger partial charge in [0, 0.05) is 28.9 Å². The van der Waals surface area contributed by atoms with Crippen LogP contribution in [0.5, 0.6) is 0 Å². The molecule has 3 rings (SSSR count). The molecular weight excluding hydrogens is 369 g/mol. The number of nitrogens with zero attached hydrogens (tertiary/aromatic N) is 3. The number of rotatable bonds is 7. The van der Waals surface area contributed by atoms with Crippen molar-refractivity contribution in [2.24, 2.45) is 0 Å². The second kappa shape index (κ2) is 7.87. The molecule has 142 valence electrons. The van der Waals surface area contributed by atoms with Crippen LogP contribution in [0.3, 0.4) is 0 Å². The lowest BCUT2D eigenvalue weighted by Crippen LogP contribution is -2.25. The van der Waals surface area contributed by atoms with Gasteiger partial charge in [0.2, 0.25) is 0 Å². The van der Waals surface area contributed by atoms with Crippen LogP contribution in [0, 0.1) is 12.7 Å². The quantitative estimate of drug-likeness (QED) is 0.671. The smallest absolute Gasteiger partial charge is 0.303 e. The fourth-order valence-corrected chi connectivity index (χ4v) is 4.04. The van der Waals surface area contributed by atoms with Crippen molar-refractivity contribution < 1.29 is 14.3 Å². The summed E-state index contributed by atoms with van der Waals surface area (Å²) in [7, 11) is 0. The molecule has 1 aromatic carbocycles. The number of halogens is 1. The number of carbonyl (C=O) groups is 1. The number of benzene rings is 1. The Morgan fingerprint density at radius 3 is 2.67 bits per heavy atom. The topological polar surface area (TPSA) is 74.9 Å². The summed E-state index contributed by atoms with van der Waals surface area (Å²) in [4.78, 5) is 31.6. The molecule has 2 aromatic heterocycles. The number of aliphatic carboxylic acids is 1. The third-order valence-electron chi connectivity index (χ3n) is 4.36. The van der Waals surface area contributed by atoms with Gasteiger partial charge in [-0.3, -0.25) is 14.0 Å². The summed E-state index contributed by atoms with van der Waals surface area (Å²) in [6.45, 7) is 4.95. The summed E-state index contributed by atoms with van der Waals surface area (Å²) in [6.07, 6.45) is 0.258. The van der Waals surface area contributed by atoms with Crippen LogP contribution >= 0.6 is 11.3 Å². The average molecular weight is 389 g/mol. The van der Waals surface area contributed by atoms with E-state index in [-0.39, 0.29) is 17.8 Å². The summed E-state index contributed by atoms with van der Waals surface area (Å²) in [5, 5.41) is 8.91. The van der Waals surface area contributed by atoms with E-state index in [0.29, 0.717) is 35.9 Å². The van der Waals surface area contributed by atoms with E-state index in [0.717, 1.165) is 10.6 Å². The molecule has 0 aliphatic heterocycles. The van der Waals surface area contributed by atoms with Gasteiger partial charge in [-0.25, -0.2) is 9.37 Å². The molecule has 0 unspecified atom stereocenters. The highest BCUT2D eigenvalue weighted by Crippen LogP contribution is 2.22. The van der Waals surface area contributed by atoms with Crippen LogP contribution in [-0.4, -0.2) is 27.0 Å². The first kappa shape index (κ1) is 19.0. The first-order valence-corrected chi connectivity index (χ1v) is 9.44. The van der Waals surface area contributed by atoms with Gasteiger partial charge in [-0.2, -0.15) is 0 Å². The fourth-order valence-electron chi connectivity index (χ4n) is 3.00. The van der Waals surface area contributed by atoms with E-state index in [1.807, 2.05) is 18.7 Å². The largest absolute Gasteiger partial charge is 0.481 e. The Bertz CT molecular complexity index is 1030. The third kappa shape index (κ3) is 4.16. The van der Waals surface area contributed by atoms with Crippen LogP contribution in [0.4, 0.5) is 10.1 Å². The van der Waals surface area contributed by atoms with Gasteiger partial charge in [0.05, 0.1) is 18.7 Å². The summed E-state index contributed by atoms with van der Waals surface area (Å²) in [5.41, 5.74) is 1.96. The van der Waals surface area contributed by atoms with Gasteiger partial charge in [0.1, 0.15) is 5.82 Å². The Hall–Kier alpha value is -2.74. The molecule has 0 spiro atoms. The normalized spacial score (nSPS) is 11.1. The minimum absolute atomic E-state index is 0.0327. The molecule has 8 heteroatoms. The van der Waals surface area contributed by atoms with Crippen molar-refractivity contribution in [1.29, 1.82) is 0 Å². The highest BCUT2D eigenvalue weighted by Gasteiger charge is 2.15. The van der Waals surface area contributed by atoms with Crippen LogP contribution in [-0.2, 0) is 17.8 Å². The summed E-state index contributed by atoms with van der Waals surface area (Å²) in [6, 6.07) is 7.68. The highest BCUT2D eigenvalue weighted by molar-refractivity contribution is 7.17. The monoisotopic (exact) mass is 389 g/mol. The molecule has 6 nitrogen and oxygen atoms in total. The molecule has 1 N–H and O–H groups in total. The van der Waals surface area contributed by atoms with E-state index in [9.17, 15) is 14.0 Å². The number of hydrogen-bond donors (Lipinski definition) is 1. The van der Waals surface area contributed by atoms with Crippen LogP contribution < -0.4 is 10.5 Å². The lowest BCUT2D eigenvalue weighted by Gasteiger charge is -2.22. The van der Waals surface area contributed by atoms with Crippen LogP contribution in [0.25, 0.3) is 4.96 Å². The maximum Gasteiger partial charge on any atom is 0.303 e. The lowest BCUT2D eigenvalue weighted by molar-refractivity contribution is -0.136. The van der Waals surface area contributed by atoms with Crippen LogP contribution in [0.2, 0.25) is 0 Å². The second-order valence-corrected chi connectivity index (χ2v) is 7.37. The summed E-state index contributed by atoms with van der Waals surface area (Å²) in [5.74, 6) is -1.19. The number of carboxylic acids is 1. The maximum absolute atomic E-state index is 13.2. The molecule has 0 saturated heterocycles. The molecule has 0 radical (unpaired) electrons. The molecular formula is C19H20FN3O3S. The van der Waals surface area contributed by atoms with Crippen molar-refractivity contribution >= 4 is 28.0 Å². The van der Waals surface area contributed by atoms with Crippen LogP contribution in [0.1, 0.15) is 29.6 Å². The summed E-state index contributed by atoms with van der Waals surface area (Å²) >= 11 is 1.38. The number of aromatic nitrogens is 2. The van der Waals surface area contributed by atoms with Gasteiger partial charge in [-0.15, -0.1) is 11.3 Å². The zero-order valence-corrected chi connectivity index (χ0v) is 15.9. The molecule has 0 fully saturated rings. The fraction of sp³-hybridized carbons (Fsp3) is 0.316. The molecule has 27 heavy (non-hydrogen) atoms. The molecule has 0 aliphatic rings. The van der Waals surface area contributed by atoms with Crippen molar-refractivity contribution in [2.45, 2.75) is 33.2 Å². The number of fused-ring (bicyclic) bond motifs is 1. The van der Waals surface area contributed by atoms with Crippen molar-refractivity contribution in [3.05, 3.63) is 62.8 Å². The minimum atomic E-state index is -0.899. The molecule has 0 atom stereocenters. The highest BCUT2D eigenvalue weighted by atomic mass is 32.1. The van der Waals surface area contributed by atoms with E-state index in [4.69, 9.17) is 5.11 Å². The number of carboxylic acid groups (broad SMARTS) is 1. The number of aryl methyl sites for hydroxylation is 2. The van der Waals surface area contributed by atoms with E-state index in [1.54, 1.807) is 12.1 Å².